The van der Waals surface area contributed by atoms with E-state index in [1.807, 2.05) is 4.90 Å². The van der Waals surface area contributed by atoms with Gasteiger partial charge in [0.05, 0.1) is 6.42 Å². The van der Waals surface area contributed by atoms with E-state index in [2.05, 4.69) is 24.0 Å². The average molecular weight is 242 g/mol. The Morgan fingerprint density at radius 3 is 2.82 bits per heavy atom. The summed E-state index contributed by atoms with van der Waals surface area (Å²) in [5, 5.41) is 11.3. The number of nitrogens with zero attached hydrogens (tertiary/aromatic N) is 3. The first-order valence-electron chi connectivity index (χ1n) is 6.02. The molecule has 6 heteroatoms. The Morgan fingerprint density at radius 2 is 2.24 bits per heavy atom. The summed E-state index contributed by atoms with van der Waals surface area (Å²) in [6.45, 7) is 4.72. The molecule has 1 rings (SSSR count). The third-order valence-electron chi connectivity index (χ3n) is 3.15. The van der Waals surface area contributed by atoms with Crippen molar-refractivity contribution in [3.63, 3.8) is 0 Å². The summed E-state index contributed by atoms with van der Waals surface area (Å²) in [4.78, 5) is 16.1. The van der Waals surface area contributed by atoms with Gasteiger partial charge in [0.2, 0.25) is 5.91 Å². The Labute approximate surface area is 102 Å². The second-order valence-electron chi connectivity index (χ2n) is 4.53. The van der Waals surface area contributed by atoms with E-state index in [1.54, 1.807) is 0 Å². The predicted molar refractivity (Wildman–Crippen MR) is 65.9 cm³/mol. The van der Waals surface area contributed by atoms with Crippen LogP contribution in [-0.2, 0) is 4.79 Å². The maximum absolute atomic E-state index is 12.0. The van der Waals surface area contributed by atoms with Gasteiger partial charge in [0.15, 0.2) is 0 Å². The van der Waals surface area contributed by atoms with Crippen molar-refractivity contribution < 1.29 is 10.0 Å². The summed E-state index contributed by atoms with van der Waals surface area (Å²) in [5.41, 5.74) is 5.38. The molecule has 0 bridgehead atoms. The van der Waals surface area contributed by atoms with Gasteiger partial charge >= 0.3 is 0 Å². The second-order valence-corrected chi connectivity index (χ2v) is 4.53. The zero-order valence-corrected chi connectivity index (χ0v) is 10.6. The first kappa shape index (κ1) is 13.8. The van der Waals surface area contributed by atoms with Crippen LogP contribution in [0.4, 0.5) is 0 Å². The maximum atomic E-state index is 12.0. The third-order valence-corrected chi connectivity index (χ3v) is 3.15. The van der Waals surface area contributed by atoms with Crippen molar-refractivity contribution in [2.45, 2.75) is 32.2 Å². The number of carbonyl (C=O) groups is 1. The van der Waals surface area contributed by atoms with Crippen LogP contribution < -0.4 is 5.73 Å². The molecule has 1 aliphatic heterocycles. The zero-order valence-electron chi connectivity index (χ0n) is 10.6. The third kappa shape index (κ3) is 3.89. The quantitative estimate of drug-likeness (QED) is 0.317. The minimum Gasteiger partial charge on any atom is -0.409 e. The Bertz CT molecular complexity index is 293. The molecular weight excluding hydrogens is 220 g/mol. The van der Waals surface area contributed by atoms with Gasteiger partial charge in [-0.2, -0.15) is 0 Å². The number of hydrogen-bond donors (Lipinski definition) is 2. The lowest BCUT2D eigenvalue weighted by Crippen LogP contribution is -2.44. The Morgan fingerprint density at radius 1 is 1.53 bits per heavy atom. The van der Waals surface area contributed by atoms with Crippen LogP contribution in [0.1, 0.15) is 26.2 Å². The number of oxime groups is 1. The average Bonchev–Trinajstić information content (AvgIpc) is 2.50. The van der Waals surface area contributed by atoms with Crippen molar-refractivity contribution in [2.75, 3.05) is 26.7 Å². The summed E-state index contributed by atoms with van der Waals surface area (Å²) >= 11 is 0. The van der Waals surface area contributed by atoms with Gasteiger partial charge in [0, 0.05) is 19.1 Å². The van der Waals surface area contributed by atoms with E-state index in [-0.39, 0.29) is 24.2 Å². The molecule has 0 saturated carbocycles. The van der Waals surface area contributed by atoms with Crippen molar-refractivity contribution in [1.82, 2.24) is 9.80 Å². The molecule has 0 radical (unpaired) electrons. The van der Waals surface area contributed by atoms with E-state index in [1.165, 1.54) is 0 Å². The summed E-state index contributed by atoms with van der Waals surface area (Å²) in [7, 11) is 2.07. The molecule has 1 atom stereocenters. The van der Waals surface area contributed by atoms with Crippen LogP contribution >= 0.6 is 0 Å². The number of rotatable bonds is 3. The molecule has 6 nitrogen and oxygen atoms in total. The van der Waals surface area contributed by atoms with Crippen LogP contribution in [0.3, 0.4) is 0 Å². The minimum atomic E-state index is -0.0533. The Kier molecular flexibility index (Phi) is 5.21. The molecule has 3 N–H and O–H groups in total. The van der Waals surface area contributed by atoms with Crippen molar-refractivity contribution in [1.29, 1.82) is 0 Å². The van der Waals surface area contributed by atoms with Crippen molar-refractivity contribution in [3.8, 4) is 0 Å². The number of amidine groups is 1. The predicted octanol–water partition coefficient (Wildman–Crippen LogP) is 0.0656. The molecule has 0 aromatic rings. The molecule has 1 unspecified atom stereocenters. The molecule has 1 aliphatic rings. The standard InChI is InChI=1S/C11H22N4O2/c1-3-9-8-14(2)5-4-6-15(9)11(16)7-10(12)13-17/h9,17H,3-8H2,1-2H3,(H2,12,13). The lowest BCUT2D eigenvalue weighted by molar-refractivity contribution is -0.132. The fourth-order valence-electron chi connectivity index (χ4n) is 2.21. The van der Waals surface area contributed by atoms with Crippen LogP contribution in [0, 0.1) is 0 Å². The van der Waals surface area contributed by atoms with Gasteiger partial charge in [-0.1, -0.05) is 12.1 Å². The highest BCUT2D eigenvalue weighted by molar-refractivity contribution is 5.98. The molecule has 98 valence electrons. The van der Waals surface area contributed by atoms with E-state index in [0.29, 0.717) is 0 Å². The van der Waals surface area contributed by atoms with E-state index in [9.17, 15) is 4.79 Å². The van der Waals surface area contributed by atoms with Crippen LogP contribution in [0.2, 0.25) is 0 Å². The molecule has 0 spiro atoms. The fraction of sp³-hybridized carbons (Fsp3) is 0.818. The Balaban J connectivity index is 2.68. The lowest BCUT2D eigenvalue weighted by atomic mass is 10.1. The largest absolute Gasteiger partial charge is 0.409 e. The van der Waals surface area contributed by atoms with Gasteiger partial charge in [-0.3, -0.25) is 4.79 Å². The number of amides is 1. The van der Waals surface area contributed by atoms with Gasteiger partial charge in [-0.05, 0) is 26.4 Å². The second kappa shape index (κ2) is 6.44. The maximum Gasteiger partial charge on any atom is 0.230 e. The van der Waals surface area contributed by atoms with Gasteiger partial charge in [-0.25, -0.2) is 0 Å². The summed E-state index contributed by atoms with van der Waals surface area (Å²) < 4.78 is 0. The minimum absolute atomic E-state index is 0.00326. The number of nitrogens with two attached hydrogens (primary N) is 1. The molecule has 1 fully saturated rings. The van der Waals surface area contributed by atoms with Crippen LogP contribution in [0.25, 0.3) is 0 Å². The molecule has 1 heterocycles. The number of carbonyl (C=O) groups excluding carboxylic acids is 1. The van der Waals surface area contributed by atoms with Crippen molar-refractivity contribution in [2.24, 2.45) is 10.9 Å². The Hall–Kier alpha value is -1.30. The van der Waals surface area contributed by atoms with Gasteiger partial charge in [0.25, 0.3) is 0 Å². The molecule has 1 saturated heterocycles. The van der Waals surface area contributed by atoms with Gasteiger partial charge < -0.3 is 20.7 Å². The monoisotopic (exact) mass is 242 g/mol. The van der Waals surface area contributed by atoms with Gasteiger partial charge in [-0.15, -0.1) is 0 Å². The molecule has 0 aliphatic carbocycles. The normalized spacial score (nSPS) is 23.5. The van der Waals surface area contributed by atoms with E-state index in [0.717, 1.165) is 32.5 Å². The topological polar surface area (TPSA) is 82.2 Å². The lowest BCUT2D eigenvalue weighted by Gasteiger charge is -2.30. The summed E-state index contributed by atoms with van der Waals surface area (Å²) in [5.74, 6) is -0.0788. The van der Waals surface area contributed by atoms with Crippen molar-refractivity contribution in [3.05, 3.63) is 0 Å². The SMILES string of the molecule is CCC1CN(C)CCCN1C(=O)CC(N)=NO. The number of likely N-dealkylation sites (N-methyl/N-ethyl adjacent to an activating group) is 1. The smallest absolute Gasteiger partial charge is 0.230 e. The first-order chi connectivity index (χ1) is 8.08. The van der Waals surface area contributed by atoms with E-state index >= 15 is 0 Å². The van der Waals surface area contributed by atoms with Crippen LogP contribution in [-0.4, -0.2) is 59.5 Å². The molecule has 0 aromatic carbocycles. The molecule has 0 aromatic heterocycles. The van der Waals surface area contributed by atoms with Crippen LogP contribution in [0.5, 0.6) is 0 Å². The van der Waals surface area contributed by atoms with Gasteiger partial charge in [0.1, 0.15) is 5.84 Å². The van der Waals surface area contributed by atoms with E-state index in [4.69, 9.17) is 10.9 Å². The highest BCUT2D eigenvalue weighted by atomic mass is 16.4. The summed E-state index contributed by atoms with van der Waals surface area (Å²) in [6, 6.07) is 0.224. The highest BCUT2D eigenvalue weighted by Gasteiger charge is 2.26. The highest BCUT2D eigenvalue weighted by Crippen LogP contribution is 2.13. The van der Waals surface area contributed by atoms with Crippen molar-refractivity contribution >= 4 is 11.7 Å². The summed E-state index contributed by atoms with van der Waals surface area (Å²) in [6.07, 6.45) is 1.89. The zero-order chi connectivity index (χ0) is 12.8. The van der Waals surface area contributed by atoms with Crippen LogP contribution in [0.15, 0.2) is 5.16 Å². The van der Waals surface area contributed by atoms with E-state index < -0.39 is 0 Å². The molecular formula is C11H22N4O2. The molecule has 17 heavy (non-hydrogen) atoms. The molecule has 1 amide bonds. The number of hydrogen-bond acceptors (Lipinski definition) is 4. The fourth-order valence-corrected chi connectivity index (χ4v) is 2.21. The first-order valence-corrected chi connectivity index (χ1v) is 6.02.